The highest BCUT2D eigenvalue weighted by molar-refractivity contribution is 9.10. The van der Waals surface area contributed by atoms with Crippen molar-refractivity contribution in [1.29, 1.82) is 0 Å². The number of carboxylic acid groups (broad SMARTS) is 1. The lowest BCUT2D eigenvalue weighted by Gasteiger charge is -2.06. The lowest BCUT2D eigenvalue weighted by atomic mass is 10.2. The first-order chi connectivity index (χ1) is 3.68. The van der Waals surface area contributed by atoms with Crippen LogP contribution < -0.4 is 5.11 Å². The Balaban J connectivity index is 3.32. The molecule has 0 aliphatic rings. The van der Waals surface area contributed by atoms with Gasteiger partial charge in [0.2, 0.25) is 0 Å². The van der Waals surface area contributed by atoms with Crippen LogP contribution in [-0.2, 0) is 4.79 Å². The first-order valence-corrected chi connectivity index (χ1v) is 3.45. The van der Waals surface area contributed by atoms with Gasteiger partial charge >= 0.3 is 0 Å². The topological polar surface area (TPSA) is 40.1 Å². The second-order valence-corrected chi connectivity index (χ2v) is 2.68. The van der Waals surface area contributed by atoms with Crippen molar-refractivity contribution in [1.82, 2.24) is 0 Å². The summed E-state index contributed by atoms with van der Waals surface area (Å²) in [5.74, 6) is -1.02. The molecule has 1 unspecified atom stereocenters. The highest BCUT2D eigenvalue weighted by atomic mass is 79.9. The van der Waals surface area contributed by atoms with Crippen LogP contribution in [0.2, 0.25) is 0 Å². The third-order valence-corrected chi connectivity index (χ3v) is 1.63. The minimum absolute atomic E-state index is 0.465. The van der Waals surface area contributed by atoms with Crippen molar-refractivity contribution >= 4 is 21.9 Å². The third kappa shape index (κ3) is 3.02. The van der Waals surface area contributed by atoms with E-state index in [-0.39, 0.29) is 0 Å². The molecular weight excluding hydrogens is 172 g/mol. The number of carbonyl (C=O) groups is 1. The van der Waals surface area contributed by atoms with Gasteiger partial charge in [-0.05, 0) is 6.42 Å². The lowest BCUT2D eigenvalue weighted by Crippen LogP contribution is -2.31. The first-order valence-electron chi connectivity index (χ1n) is 2.53. The minimum Gasteiger partial charge on any atom is -0.549 e. The minimum atomic E-state index is -1.02. The smallest absolute Gasteiger partial charge is 0.0551 e. The van der Waals surface area contributed by atoms with Gasteiger partial charge in [0, 0.05) is 0 Å². The van der Waals surface area contributed by atoms with E-state index in [1.54, 1.807) is 0 Å². The summed E-state index contributed by atoms with van der Waals surface area (Å²) in [6.45, 7) is 1.93. The van der Waals surface area contributed by atoms with E-state index in [1.165, 1.54) is 0 Å². The maximum Gasteiger partial charge on any atom is 0.0551 e. The van der Waals surface area contributed by atoms with Crippen molar-refractivity contribution in [3.05, 3.63) is 0 Å². The SMILES string of the molecule is CCCC(Br)C(=O)[O-]. The molecule has 0 saturated heterocycles. The van der Waals surface area contributed by atoms with Crippen LogP contribution in [0.5, 0.6) is 0 Å². The predicted octanol–water partition coefficient (Wildman–Crippen LogP) is 0.300. The Morgan fingerprint density at radius 3 is 2.50 bits per heavy atom. The number of hydrogen-bond acceptors (Lipinski definition) is 2. The van der Waals surface area contributed by atoms with Gasteiger partial charge in [-0.1, -0.05) is 29.3 Å². The highest BCUT2D eigenvalue weighted by Crippen LogP contribution is 2.05. The van der Waals surface area contributed by atoms with Crippen molar-refractivity contribution in [2.45, 2.75) is 24.6 Å². The summed E-state index contributed by atoms with van der Waals surface area (Å²) in [4.78, 5) is 9.47. The van der Waals surface area contributed by atoms with Crippen molar-refractivity contribution in [2.24, 2.45) is 0 Å². The Bertz CT molecular complexity index is 82.5. The van der Waals surface area contributed by atoms with Gasteiger partial charge in [0.1, 0.15) is 0 Å². The number of carbonyl (C=O) groups excluding carboxylic acids is 1. The van der Waals surface area contributed by atoms with Gasteiger partial charge in [-0.15, -0.1) is 0 Å². The number of carboxylic acids is 1. The highest BCUT2D eigenvalue weighted by Gasteiger charge is 2.00. The Kier molecular flexibility index (Phi) is 3.87. The zero-order valence-corrected chi connectivity index (χ0v) is 6.27. The molecule has 48 valence electrons. The molecule has 0 aliphatic heterocycles. The van der Waals surface area contributed by atoms with E-state index in [1.807, 2.05) is 6.92 Å². The summed E-state index contributed by atoms with van der Waals surface area (Å²) in [5, 5.41) is 9.93. The molecule has 0 saturated carbocycles. The van der Waals surface area contributed by atoms with Crippen molar-refractivity contribution < 1.29 is 9.90 Å². The van der Waals surface area contributed by atoms with Crippen LogP contribution in [0.4, 0.5) is 0 Å². The lowest BCUT2D eigenvalue weighted by molar-refractivity contribution is -0.304. The summed E-state index contributed by atoms with van der Waals surface area (Å²) < 4.78 is 0. The molecule has 2 nitrogen and oxygen atoms in total. The summed E-state index contributed by atoms with van der Waals surface area (Å²) in [7, 11) is 0. The Hall–Kier alpha value is -0.0500. The Labute approximate surface area is 57.0 Å². The summed E-state index contributed by atoms with van der Waals surface area (Å²) >= 11 is 2.94. The Morgan fingerprint density at radius 2 is 2.38 bits per heavy atom. The van der Waals surface area contributed by atoms with Crippen LogP contribution in [0, 0.1) is 0 Å². The molecular formula is C5H8BrO2-. The summed E-state index contributed by atoms with van der Waals surface area (Å²) in [5.41, 5.74) is 0. The van der Waals surface area contributed by atoms with Gasteiger partial charge < -0.3 is 9.90 Å². The summed E-state index contributed by atoms with van der Waals surface area (Å²) in [6, 6.07) is 0. The fourth-order valence-electron chi connectivity index (χ4n) is 0.371. The quantitative estimate of drug-likeness (QED) is 0.586. The molecule has 0 rings (SSSR count). The molecule has 8 heavy (non-hydrogen) atoms. The van der Waals surface area contributed by atoms with Crippen molar-refractivity contribution in [3.8, 4) is 0 Å². The molecule has 0 amide bonds. The van der Waals surface area contributed by atoms with Gasteiger partial charge in [0.25, 0.3) is 0 Å². The van der Waals surface area contributed by atoms with Crippen LogP contribution in [0.15, 0.2) is 0 Å². The van der Waals surface area contributed by atoms with E-state index in [0.717, 1.165) is 6.42 Å². The fraction of sp³-hybridized carbons (Fsp3) is 0.800. The third-order valence-electron chi connectivity index (χ3n) is 0.798. The molecule has 0 N–H and O–H groups in total. The summed E-state index contributed by atoms with van der Waals surface area (Å²) in [6.07, 6.45) is 1.51. The average Bonchev–Trinajstić information content (AvgIpc) is 1.67. The van der Waals surface area contributed by atoms with Crippen molar-refractivity contribution in [3.63, 3.8) is 0 Å². The van der Waals surface area contributed by atoms with Gasteiger partial charge in [-0.2, -0.15) is 0 Å². The normalized spacial score (nSPS) is 13.2. The molecule has 1 atom stereocenters. The van der Waals surface area contributed by atoms with E-state index >= 15 is 0 Å². The van der Waals surface area contributed by atoms with Gasteiger partial charge in [0.05, 0.1) is 10.8 Å². The predicted molar refractivity (Wildman–Crippen MR) is 32.6 cm³/mol. The molecule has 0 aromatic heterocycles. The zero-order valence-electron chi connectivity index (χ0n) is 4.69. The second-order valence-electron chi connectivity index (χ2n) is 1.58. The average molecular weight is 180 g/mol. The number of halogens is 1. The van der Waals surface area contributed by atoms with E-state index in [4.69, 9.17) is 0 Å². The van der Waals surface area contributed by atoms with Crippen LogP contribution in [0.3, 0.4) is 0 Å². The van der Waals surface area contributed by atoms with E-state index in [0.29, 0.717) is 6.42 Å². The van der Waals surface area contributed by atoms with Gasteiger partial charge in [0.15, 0.2) is 0 Å². The van der Waals surface area contributed by atoms with E-state index in [9.17, 15) is 9.90 Å². The number of aliphatic carboxylic acids is 1. The second kappa shape index (κ2) is 3.89. The standard InChI is InChI=1S/C5H9BrO2/c1-2-3-4(6)5(7)8/h4H,2-3H2,1H3,(H,7,8)/p-1. The molecule has 3 heteroatoms. The molecule has 0 fully saturated rings. The Morgan fingerprint density at radius 1 is 1.88 bits per heavy atom. The van der Waals surface area contributed by atoms with Gasteiger partial charge in [-0.25, -0.2) is 0 Å². The molecule has 0 aromatic carbocycles. The number of hydrogen-bond donors (Lipinski definition) is 0. The molecule has 0 bridgehead atoms. The van der Waals surface area contributed by atoms with Gasteiger partial charge in [-0.3, -0.25) is 0 Å². The maximum atomic E-state index is 9.93. The number of rotatable bonds is 3. The van der Waals surface area contributed by atoms with Crippen LogP contribution in [-0.4, -0.2) is 10.8 Å². The van der Waals surface area contributed by atoms with Crippen LogP contribution in [0.1, 0.15) is 19.8 Å². The zero-order chi connectivity index (χ0) is 6.57. The molecule has 0 aromatic rings. The largest absolute Gasteiger partial charge is 0.549 e. The van der Waals surface area contributed by atoms with Crippen LogP contribution in [0.25, 0.3) is 0 Å². The van der Waals surface area contributed by atoms with Crippen molar-refractivity contribution in [2.75, 3.05) is 0 Å². The molecule has 0 radical (unpaired) electrons. The van der Waals surface area contributed by atoms with Crippen LogP contribution >= 0.6 is 15.9 Å². The molecule has 0 aliphatic carbocycles. The van der Waals surface area contributed by atoms with E-state index in [2.05, 4.69) is 15.9 Å². The van der Waals surface area contributed by atoms with E-state index < -0.39 is 10.8 Å². The molecule has 0 heterocycles. The monoisotopic (exact) mass is 179 g/mol. The maximum absolute atomic E-state index is 9.93. The number of alkyl halides is 1. The fourth-order valence-corrected chi connectivity index (χ4v) is 0.829. The molecule has 0 spiro atoms. The first kappa shape index (κ1) is 7.95.